The zero-order valence-corrected chi connectivity index (χ0v) is 12.1. The monoisotopic (exact) mass is 357 g/mol. The van der Waals surface area contributed by atoms with Crippen LogP contribution in [0.3, 0.4) is 0 Å². The van der Waals surface area contributed by atoms with Gasteiger partial charge >= 0.3 is 18.8 Å². The van der Waals surface area contributed by atoms with E-state index in [1.165, 1.54) is 0 Å². The summed E-state index contributed by atoms with van der Waals surface area (Å²) in [5, 5.41) is 10.4. The van der Waals surface area contributed by atoms with Gasteiger partial charge in [0, 0.05) is 5.56 Å². The highest BCUT2D eigenvalue weighted by Crippen LogP contribution is 2.29. The number of hydrogen-bond donors (Lipinski definition) is 2. The van der Waals surface area contributed by atoms with Crippen LogP contribution in [0.25, 0.3) is 0 Å². The maximum Gasteiger partial charge on any atom is 0.391 e. The summed E-state index contributed by atoms with van der Waals surface area (Å²) in [6, 6.07) is 0.654. The van der Waals surface area contributed by atoms with Crippen molar-refractivity contribution >= 4 is 11.9 Å². The summed E-state index contributed by atoms with van der Waals surface area (Å²) in [4.78, 5) is 22.7. The van der Waals surface area contributed by atoms with Crippen LogP contribution >= 0.6 is 0 Å². The Morgan fingerprint density at radius 2 is 1.88 bits per heavy atom. The molecule has 0 saturated carbocycles. The van der Waals surface area contributed by atoms with Gasteiger partial charge in [-0.25, -0.2) is 4.79 Å². The molecule has 6 nitrogen and oxygen atoms in total. The first-order chi connectivity index (χ1) is 11.0. The number of carboxylic acids is 1. The lowest BCUT2D eigenvalue weighted by Crippen LogP contribution is -2.43. The number of aliphatic carboxylic acids is 1. The van der Waals surface area contributed by atoms with Gasteiger partial charge in [0.2, 0.25) is 0 Å². The molecule has 0 fully saturated rings. The zero-order valence-electron chi connectivity index (χ0n) is 12.1. The van der Waals surface area contributed by atoms with E-state index < -0.39 is 42.9 Å². The number of ether oxygens (including phenoxy) is 2. The summed E-state index contributed by atoms with van der Waals surface area (Å²) >= 11 is 0. The van der Waals surface area contributed by atoms with Crippen molar-refractivity contribution in [2.24, 2.45) is 0 Å². The van der Waals surface area contributed by atoms with E-state index in [0.29, 0.717) is 0 Å². The fourth-order valence-corrected chi connectivity index (χ4v) is 1.68. The number of carboxylic acid groups (broad SMARTS) is 1. The maximum absolute atomic E-state index is 12.3. The number of alkyl halides is 5. The van der Waals surface area contributed by atoms with Crippen molar-refractivity contribution in [2.45, 2.75) is 25.3 Å². The number of rotatable bonds is 7. The van der Waals surface area contributed by atoms with Crippen LogP contribution in [0.2, 0.25) is 0 Å². The average Bonchev–Trinajstić information content (AvgIpc) is 2.44. The van der Waals surface area contributed by atoms with Gasteiger partial charge in [-0.05, 0) is 18.2 Å². The molecule has 24 heavy (non-hydrogen) atoms. The first-order valence-corrected chi connectivity index (χ1v) is 6.26. The summed E-state index contributed by atoms with van der Waals surface area (Å²) in [6.45, 7) is -3.15. The van der Waals surface area contributed by atoms with Crippen molar-refractivity contribution in [3.8, 4) is 11.5 Å². The van der Waals surface area contributed by atoms with E-state index in [2.05, 4.69) is 4.74 Å². The molecule has 0 aliphatic carbocycles. The Morgan fingerprint density at radius 3 is 2.33 bits per heavy atom. The second-order valence-corrected chi connectivity index (χ2v) is 4.43. The van der Waals surface area contributed by atoms with Crippen molar-refractivity contribution in [3.63, 3.8) is 0 Å². The molecule has 0 aliphatic rings. The Balaban J connectivity index is 2.95. The third kappa shape index (κ3) is 5.89. The Kier molecular flexibility index (Phi) is 6.32. The van der Waals surface area contributed by atoms with Crippen molar-refractivity contribution in [1.29, 1.82) is 0 Å². The molecule has 0 saturated heterocycles. The van der Waals surface area contributed by atoms with Gasteiger partial charge in [-0.3, -0.25) is 4.79 Å². The molecule has 134 valence electrons. The molecule has 1 aromatic carbocycles. The first kappa shape index (κ1) is 19.5. The number of carbonyl (C=O) groups excluding carboxylic acids is 1. The predicted octanol–water partition coefficient (Wildman–Crippen LogP) is 2.43. The van der Waals surface area contributed by atoms with Crippen LogP contribution in [0, 0.1) is 0 Å². The van der Waals surface area contributed by atoms with Gasteiger partial charge in [-0.15, -0.1) is 0 Å². The SMILES string of the molecule is COc1cc(C(=O)NC(CC(F)(F)F)C(=O)O)ccc1OC(F)F. The predicted molar refractivity (Wildman–Crippen MR) is 69.2 cm³/mol. The first-order valence-electron chi connectivity index (χ1n) is 6.26. The summed E-state index contributed by atoms with van der Waals surface area (Å²) in [7, 11) is 1.10. The molecule has 1 atom stereocenters. The number of nitrogens with one attached hydrogen (secondary N) is 1. The minimum absolute atomic E-state index is 0.273. The molecule has 11 heteroatoms. The van der Waals surface area contributed by atoms with Crippen molar-refractivity contribution in [3.05, 3.63) is 23.8 Å². The topological polar surface area (TPSA) is 84.9 Å². The molecule has 1 rings (SSSR count). The molecule has 0 radical (unpaired) electrons. The molecular formula is C13H12F5NO5. The molecule has 2 N–H and O–H groups in total. The summed E-state index contributed by atoms with van der Waals surface area (Å²) < 4.78 is 70.1. The molecule has 0 heterocycles. The van der Waals surface area contributed by atoms with Crippen LogP contribution in [0.5, 0.6) is 11.5 Å². The highest BCUT2D eigenvalue weighted by atomic mass is 19.4. The number of halogens is 5. The minimum Gasteiger partial charge on any atom is -0.493 e. The zero-order chi connectivity index (χ0) is 18.5. The van der Waals surface area contributed by atoms with Crippen LogP contribution in [-0.4, -0.2) is 42.9 Å². The summed E-state index contributed by atoms with van der Waals surface area (Å²) in [5.74, 6) is -3.68. The number of hydrogen-bond acceptors (Lipinski definition) is 4. The fourth-order valence-electron chi connectivity index (χ4n) is 1.68. The van der Waals surface area contributed by atoms with E-state index in [9.17, 15) is 31.5 Å². The minimum atomic E-state index is -4.80. The maximum atomic E-state index is 12.3. The van der Waals surface area contributed by atoms with Gasteiger partial charge in [-0.1, -0.05) is 0 Å². The van der Waals surface area contributed by atoms with Gasteiger partial charge in [0.25, 0.3) is 5.91 Å². The van der Waals surface area contributed by atoms with Crippen LogP contribution in [0.15, 0.2) is 18.2 Å². The van der Waals surface area contributed by atoms with Gasteiger partial charge in [0.15, 0.2) is 11.5 Å². The Hall–Kier alpha value is -2.59. The third-order valence-electron chi connectivity index (χ3n) is 2.68. The lowest BCUT2D eigenvalue weighted by atomic mass is 10.1. The Labute approximate surface area is 132 Å². The van der Waals surface area contributed by atoms with E-state index in [0.717, 1.165) is 25.3 Å². The van der Waals surface area contributed by atoms with Gasteiger partial charge < -0.3 is 19.9 Å². The fraction of sp³-hybridized carbons (Fsp3) is 0.385. The highest BCUT2D eigenvalue weighted by Gasteiger charge is 2.36. The quantitative estimate of drug-likeness (QED) is 0.732. The number of carbonyl (C=O) groups is 2. The lowest BCUT2D eigenvalue weighted by Gasteiger charge is -2.17. The molecule has 0 bridgehead atoms. The Morgan fingerprint density at radius 1 is 1.25 bits per heavy atom. The molecule has 0 aromatic heterocycles. The van der Waals surface area contributed by atoms with Gasteiger partial charge in [0.05, 0.1) is 13.5 Å². The standard InChI is InChI=1S/C13H12F5NO5/c1-23-9-4-6(2-3-8(9)24-12(14)15)10(20)19-7(11(21)22)5-13(16,17)18/h2-4,7,12H,5H2,1H3,(H,19,20)(H,21,22). The number of methoxy groups -OCH3 is 1. The second-order valence-electron chi connectivity index (χ2n) is 4.43. The molecule has 0 aliphatic heterocycles. The highest BCUT2D eigenvalue weighted by molar-refractivity contribution is 5.97. The van der Waals surface area contributed by atoms with Crippen molar-refractivity contribution in [1.82, 2.24) is 5.32 Å². The van der Waals surface area contributed by atoms with E-state index >= 15 is 0 Å². The summed E-state index contributed by atoms with van der Waals surface area (Å²) in [5.41, 5.74) is -0.290. The molecule has 1 unspecified atom stereocenters. The largest absolute Gasteiger partial charge is 0.493 e. The van der Waals surface area contributed by atoms with E-state index in [1.54, 1.807) is 5.32 Å². The molecule has 0 spiro atoms. The van der Waals surface area contributed by atoms with Gasteiger partial charge in [-0.2, -0.15) is 22.0 Å². The normalized spacial score (nSPS) is 12.6. The van der Waals surface area contributed by atoms with Crippen LogP contribution < -0.4 is 14.8 Å². The molecule has 1 aromatic rings. The molecule has 1 amide bonds. The van der Waals surface area contributed by atoms with Gasteiger partial charge in [0.1, 0.15) is 6.04 Å². The van der Waals surface area contributed by atoms with Crippen LogP contribution in [-0.2, 0) is 4.79 Å². The number of benzene rings is 1. The van der Waals surface area contributed by atoms with E-state index in [1.807, 2.05) is 0 Å². The van der Waals surface area contributed by atoms with Crippen LogP contribution in [0.4, 0.5) is 22.0 Å². The average molecular weight is 357 g/mol. The smallest absolute Gasteiger partial charge is 0.391 e. The van der Waals surface area contributed by atoms with E-state index in [-0.39, 0.29) is 11.3 Å². The van der Waals surface area contributed by atoms with Crippen molar-refractivity contribution < 1.29 is 46.1 Å². The lowest BCUT2D eigenvalue weighted by molar-refractivity contribution is -0.157. The van der Waals surface area contributed by atoms with Crippen LogP contribution in [0.1, 0.15) is 16.8 Å². The van der Waals surface area contributed by atoms with E-state index in [4.69, 9.17) is 9.84 Å². The third-order valence-corrected chi connectivity index (χ3v) is 2.68. The Bertz CT molecular complexity index is 605. The molecular weight excluding hydrogens is 345 g/mol. The van der Waals surface area contributed by atoms with Crippen molar-refractivity contribution in [2.75, 3.05) is 7.11 Å². The number of amides is 1. The second kappa shape index (κ2) is 7.79. The summed E-state index contributed by atoms with van der Waals surface area (Å²) in [6.07, 6.45) is -6.57.